The number of nitrogens with zero attached hydrogens (tertiary/aromatic N) is 2. The number of carboxylic acid groups (broad SMARTS) is 1. The number of imidazole rings is 1. The largest absolute Gasteiger partial charge is 0.477 e. The van der Waals surface area contributed by atoms with Crippen LogP contribution in [-0.2, 0) is 0 Å². The lowest BCUT2D eigenvalue weighted by Gasteiger charge is -1.84. The molecule has 0 unspecified atom stereocenters. The zero-order valence-electron chi connectivity index (χ0n) is 5.75. The zero-order valence-corrected chi connectivity index (χ0v) is 5.75. The molecule has 11 heavy (non-hydrogen) atoms. The molecule has 0 aliphatic rings. The molecule has 5 heteroatoms. The molecule has 1 heterocycles. The van der Waals surface area contributed by atoms with Gasteiger partial charge in [0.05, 0.1) is 0 Å². The van der Waals surface area contributed by atoms with Crippen LogP contribution in [0.3, 0.4) is 0 Å². The Bertz CT molecular complexity index is 334. The second-order valence-corrected chi connectivity index (χ2v) is 1.94. The minimum Gasteiger partial charge on any atom is -0.477 e. The van der Waals surface area contributed by atoms with Crippen LogP contribution in [0.5, 0.6) is 0 Å². The van der Waals surface area contributed by atoms with Crippen molar-refractivity contribution < 1.29 is 9.90 Å². The predicted molar refractivity (Wildman–Crippen MR) is 36.5 cm³/mol. The second kappa shape index (κ2) is 2.42. The van der Waals surface area contributed by atoms with E-state index >= 15 is 0 Å². The summed E-state index contributed by atoms with van der Waals surface area (Å²) in [6.07, 6.45) is 0. The molecule has 1 aromatic heterocycles. The van der Waals surface area contributed by atoms with E-state index < -0.39 is 5.97 Å². The van der Waals surface area contributed by atoms with E-state index in [0.29, 0.717) is 5.82 Å². The van der Waals surface area contributed by atoms with E-state index in [2.05, 4.69) is 14.8 Å². The summed E-state index contributed by atoms with van der Waals surface area (Å²) in [7, 11) is 0. The van der Waals surface area contributed by atoms with Gasteiger partial charge < -0.3 is 9.95 Å². The van der Waals surface area contributed by atoms with Gasteiger partial charge in [-0.25, -0.2) is 9.78 Å². The number of aryl methyl sites for hydroxylation is 1. The molecule has 0 aliphatic heterocycles. The van der Waals surface area contributed by atoms with Gasteiger partial charge in [-0.2, -0.15) is 0 Å². The van der Waals surface area contributed by atoms with E-state index in [1.54, 1.807) is 6.92 Å². The van der Waals surface area contributed by atoms with Gasteiger partial charge >= 0.3 is 5.97 Å². The molecule has 1 rings (SSSR count). The predicted octanol–water partition coefficient (Wildman–Crippen LogP) is 0.967. The highest BCUT2D eigenvalue weighted by Crippen LogP contribution is 2.14. The zero-order chi connectivity index (χ0) is 8.43. The van der Waals surface area contributed by atoms with Gasteiger partial charge in [0, 0.05) is 6.92 Å². The number of carbonyl (C=O) groups is 1. The van der Waals surface area contributed by atoms with E-state index in [1.165, 1.54) is 0 Å². The summed E-state index contributed by atoms with van der Waals surface area (Å²) in [4.78, 5) is 19.5. The van der Waals surface area contributed by atoms with Crippen molar-refractivity contribution in [3.8, 4) is 0 Å². The average molecular weight is 151 g/mol. The Kier molecular flexibility index (Phi) is 1.60. The summed E-state index contributed by atoms with van der Waals surface area (Å²) in [5.41, 5.74) is -0.211. The lowest BCUT2D eigenvalue weighted by Crippen LogP contribution is -1.96. The SMILES string of the molecule is [C-]#[N+]c1[nH]c(C)nc1C(=O)O. The molecule has 0 radical (unpaired) electrons. The normalized spacial score (nSPS) is 9.09. The van der Waals surface area contributed by atoms with Crippen LogP contribution in [0.1, 0.15) is 16.3 Å². The maximum atomic E-state index is 10.4. The molecule has 0 bridgehead atoms. The quantitative estimate of drug-likeness (QED) is 0.587. The Hall–Kier alpha value is -1.83. The van der Waals surface area contributed by atoms with Crippen molar-refractivity contribution in [3.63, 3.8) is 0 Å². The summed E-state index contributed by atoms with van der Waals surface area (Å²) in [6.45, 7) is 8.18. The Labute approximate surface area is 62.5 Å². The Morgan fingerprint density at radius 3 is 2.82 bits per heavy atom. The van der Waals surface area contributed by atoms with E-state index in [-0.39, 0.29) is 11.5 Å². The number of aromatic amines is 1. The van der Waals surface area contributed by atoms with Crippen LogP contribution in [0.2, 0.25) is 0 Å². The highest BCUT2D eigenvalue weighted by molar-refractivity contribution is 5.91. The van der Waals surface area contributed by atoms with Crippen molar-refractivity contribution in [2.24, 2.45) is 0 Å². The molecule has 2 N–H and O–H groups in total. The Morgan fingerprint density at radius 2 is 2.45 bits per heavy atom. The molecule has 0 saturated heterocycles. The van der Waals surface area contributed by atoms with Crippen molar-refractivity contribution in [2.45, 2.75) is 6.92 Å². The molecule has 0 spiro atoms. The molecule has 1 aromatic rings. The van der Waals surface area contributed by atoms with Gasteiger partial charge in [0.1, 0.15) is 0 Å². The second-order valence-electron chi connectivity index (χ2n) is 1.94. The third-order valence-electron chi connectivity index (χ3n) is 1.12. The highest BCUT2D eigenvalue weighted by atomic mass is 16.4. The van der Waals surface area contributed by atoms with Crippen LogP contribution in [0.25, 0.3) is 4.85 Å². The van der Waals surface area contributed by atoms with Gasteiger partial charge in [-0.05, 0) is 0 Å². The first-order chi connectivity index (χ1) is 5.15. The number of aromatic carboxylic acids is 1. The first-order valence-electron chi connectivity index (χ1n) is 2.82. The highest BCUT2D eigenvalue weighted by Gasteiger charge is 2.14. The van der Waals surface area contributed by atoms with Crippen LogP contribution in [0, 0.1) is 13.5 Å². The number of nitrogens with one attached hydrogen (secondary N) is 1. The third-order valence-corrected chi connectivity index (χ3v) is 1.12. The van der Waals surface area contributed by atoms with Crippen molar-refractivity contribution in [1.82, 2.24) is 9.97 Å². The standard InChI is InChI=1S/C6H5N3O2/c1-3-8-4(6(10)11)5(7-2)9-3/h1H3,(H,8,9)(H,10,11). The molecule has 0 fully saturated rings. The van der Waals surface area contributed by atoms with Gasteiger partial charge in [0.2, 0.25) is 0 Å². The molecular weight excluding hydrogens is 146 g/mol. The number of H-pyrrole nitrogens is 1. The van der Waals surface area contributed by atoms with Crippen LogP contribution < -0.4 is 0 Å². The molecular formula is C6H5N3O2. The van der Waals surface area contributed by atoms with Gasteiger partial charge in [-0.1, -0.05) is 6.57 Å². The van der Waals surface area contributed by atoms with Crippen molar-refractivity contribution in [2.75, 3.05) is 0 Å². The van der Waals surface area contributed by atoms with Crippen molar-refractivity contribution >= 4 is 11.8 Å². The molecule has 5 nitrogen and oxygen atoms in total. The lowest BCUT2D eigenvalue weighted by atomic mass is 10.4. The molecule has 56 valence electrons. The minimum absolute atomic E-state index is 0.0185. The summed E-state index contributed by atoms with van der Waals surface area (Å²) >= 11 is 0. The van der Waals surface area contributed by atoms with E-state index in [4.69, 9.17) is 11.7 Å². The molecule has 0 aliphatic carbocycles. The summed E-state index contributed by atoms with van der Waals surface area (Å²) < 4.78 is 0. The minimum atomic E-state index is -1.18. The summed E-state index contributed by atoms with van der Waals surface area (Å²) in [5.74, 6) is -0.760. The summed E-state index contributed by atoms with van der Waals surface area (Å²) in [5, 5.41) is 8.48. The van der Waals surface area contributed by atoms with Gasteiger partial charge in [-0.15, -0.1) is 0 Å². The van der Waals surface area contributed by atoms with Crippen LogP contribution in [0.4, 0.5) is 5.82 Å². The first-order valence-corrected chi connectivity index (χ1v) is 2.82. The topological polar surface area (TPSA) is 70.3 Å². The van der Waals surface area contributed by atoms with Gasteiger partial charge in [-0.3, -0.25) is 4.98 Å². The first kappa shape index (κ1) is 7.28. The van der Waals surface area contributed by atoms with E-state index in [9.17, 15) is 4.79 Å². The maximum absolute atomic E-state index is 10.4. The average Bonchev–Trinajstić information content (AvgIpc) is 2.30. The fourth-order valence-electron chi connectivity index (χ4n) is 0.709. The van der Waals surface area contributed by atoms with E-state index in [0.717, 1.165) is 0 Å². The van der Waals surface area contributed by atoms with E-state index in [1.807, 2.05) is 0 Å². The Morgan fingerprint density at radius 1 is 1.82 bits per heavy atom. The number of rotatable bonds is 1. The smallest absolute Gasteiger partial charge is 0.345 e. The maximum Gasteiger partial charge on any atom is 0.345 e. The number of hydrogen-bond acceptors (Lipinski definition) is 2. The summed E-state index contributed by atoms with van der Waals surface area (Å²) in [6, 6.07) is 0. The molecule has 0 aromatic carbocycles. The number of carboxylic acids is 1. The van der Waals surface area contributed by atoms with Gasteiger partial charge in [0.15, 0.2) is 11.5 Å². The van der Waals surface area contributed by atoms with Crippen LogP contribution in [0.15, 0.2) is 0 Å². The fraction of sp³-hybridized carbons (Fsp3) is 0.167. The number of hydrogen-bond donors (Lipinski definition) is 2. The van der Waals surface area contributed by atoms with Gasteiger partial charge in [0.25, 0.3) is 5.82 Å². The van der Waals surface area contributed by atoms with Crippen LogP contribution >= 0.6 is 0 Å². The third kappa shape index (κ3) is 1.19. The molecule has 0 amide bonds. The molecule has 0 saturated carbocycles. The monoisotopic (exact) mass is 151 g/mol. The lowest BCUT2D eigenvalue weighted by molar-refractivity contribution is 0.0692. The van der Waals surface area contributed by atoms with Crippen LogP contribution in [-0.4, -0.2) is 21.0 Å². The molecule has 0 atom stereocenters. The Balaban J connectivity index is 3.26. The number of aromatic nitrogens is 2. The van der Waals surface area contributed by atoms with Crippen molar-refractivity contribution in [1.29, 1.82) is 0 Å². The van der Waals surface area contributed by atoms with Crippen molar-refractivity contribution in [3.05, 3.63) is 22.9 Å². The fourth-order valence-corrected chi connectivity index (χ4v) is 0.709.